The second-order valence-corrected chi connectivity index (χ2v) is 5.64. The van der Waals surface area contributed by atoms with Crippen molar-refractivity contribution in [3.63, 3.8) is 0 Å². The lowest BCUT2D eigenvalue weighted by molar-refractivity contribution is -0.0383. The van der Waals surface area contributed by atoms with Gasteiger partial charge >= 0.3 is 6.03 Å². The van der Waals surface area contributed by atoms with Crippen LogP contribution in [0.1, 0.15) is 52.4 Å². The third-order valence-electron chi connectivity index (χ3n) is 4.13. The van der Waals surface area contributed by atoms with Crippen molar-refractivity contribution in [1.82, 2.24) is 10.2 Å². The van der Waals surface area contributed by atoms with Gasteiger partial charge in [0.15, 0.2) is 0 Å². The Labute approximate surface area is 110 Å². The number of hydrogen-bond donors (Lipinski definition) is 1. The number of hydrogen-bond acceptors (Lipinski definition) is 2. The Balaban J connectivity index is 1.88. The number of ether oxygens (including phenoxy) is 1. The van der Waals surface area contributed by atoms with E-state index < -0.39 is 0 Å². The molecule has 0 radical (unpaired) electrons. The highest BCUT2D eigenvalue weighted by atomic mass is 16.5. The molecule has 104 valence electrons. The van der Waals surface area contributed by atoms with Crippen LogP contribution in [-0.4, -0.2) is 42.3 Å². The second kappa shape index (κ2) is 6.41. The monoisotopic (exact) mass is 254 g/mol. The molecule has 1 N–H and O–H groups in total. The number of morpholine rings is 1. The topological polar surface area (TPSA) is 41.6 Å². The van der Waals surface area contributed by atoms with Gasteiger partial charge in [-0.15, -0.1) is 0 Å². The lowest BCUT2D eigenvalue weighted by Crippen LogP contribution is -2.56. The first-order chi connectivity index (χ1) is 8.70. The van der Waals surface area contributed by atoms with Crippen molar-refractivity contribution in [2.45, 2.75) is 70.6 Å². The van der Waals surface area contributed by atoms with E-state index in [-0.39, 0.29) is 18.2 Å². The van der Waals surface area contributed by atoms with Crippen LogP contribution in [0, 0.1) is 0 Å². The Morgan fingerprint density at radius 3 is 2.72 bits per heavy atom. The van der Waals surface area contributed by atoms with Crippen LogP contribution in [-0.2, 0) is 4.74 Å². The van der Waals surface area contributed by atoms with Crippen molar-refractivity contribution >= 4 is 6.03 Å². The van der Waals surface area contributed by atoms with Crippen LogP contribution in [0.4, 0.5) is 4.79 Å². The van der Waals surface area contributed by atoms with Crippen LogP contribution in [0.5, 0.6) is 0 Å². The molecule has 0 aromatic carbocycles. The standard InChI is InChI=1S/C14H26N2O2/c1-3-13-10-18-11(2)9-16(13)14(17)15-12-7-5-4-6-8-12/h11-13H,3-10H2,1-2H3,(H,15,17). The molecule has 2 atom stereocenters. The Hall–Kier alpha value is -0.770. The highest BCUT2D eigenvalue weighted by Crippen LogP contribution is 2.19. The van der Waals surface area contributed by atoms with Gasteiger partial charge in [-0.2, -0.15) is 0 Å². The fourth-order valence-electron chi connectivity index (χ4n) is 2.94. The predicted molar refractivity (Wildman–Crippen MR) is 71.6 cm³/mol. The highest BCUT2D eigenvalue weighted by Gasteiger charge is 2.30. The van der Waals surface area contributed by atoms with Crippen molar-refractivity contribution in [1.29, 1.82) is 0 Å². The summed E-state index contributed by atoms with van der Waals surface area (Å²) in [5.74, 6) is 0. The molecule has 0 aromatic heterocycles. The van der Waals surface area contributed by atoms with Crippen molar-refractivity contribution in [3.8, 4) is 0 Å². The minimum absolute atomic E-state index is 0.115. The smallest absolute Gasteiger partial charge is 0.318 e. The van der Waals surface area contributed by atoms with Gasteiger partial charge in [0.2, 0.25) is 0 Å². The van der Waals surface area contributed by atoms with Gasteiger partial charge in [0.05, 0.1) is 18.8 Å². The van der Waals surface area contributed by atoms with E-state index in [1.165, 1.54) is 19.3 Å². The largest absolute Gasteiger partial charge is 0.375 e. The molecule has 1 heterocycles. The molecule has 4 heteroatoms. The molecule has 18 heavy (non-hydrogen) atoms. The zero-order valence-electron chi connectivity index (χ0n) is 11.7. The summed E-state index contributed by atoms with van der Waals surface area (Å²) in [6, 6.07) is 0.746. The maximum Gasteiger partial charge on any atom is 0.318 e. The third-order valence-corrected chi connectivity index (χ3v) is 4.13. The van der Waals surface area contributed by atoms with Crippen molar-refractivity contribution in [2.24, 2.45) is 0 Å². The lowest BCUT2D eigenvalue weighted by Gasteiger charge is -2.39. The fourth-order valence-corrected chi connectivity index (χ4v) is 2.94. The van der Waals surface area contributed by atoms with Crippen molar-refractivity contribution < 1.29 is 9.53 Å². The van der Waals surface area contributed by atoms with Gasteiger partial charge in [0.1, 0.15) is 0 Å². The van der Waals surface area contributed by atoms with E-state index in [4.69, 9.17) is 4.74 Å². The highest BCUT2D eigenvalue weighted by molar-refractivity contribution is 5.75. The van der Waals surface area contributed by atoms with Crippen LogP contribution >= 0.6 is 0 Å². The summed E-state index contributed by atoms with van der Waals surface area (Å²) in [5, 5.41) is 3.20. The lowest BCUT2D eigenvalue weighted by atomic mass is 9.95. The molecule has 2 unspecified atom stereocenters. The molecule has 2 amide bonds. The molecule has 2 aliphatic rings. The van der Waals surface area contributed by atoms with Gasteiger partial charge in [0, 0.05) is 12.6 Å². The molecule has 1 saturated carbocycles. The average Bonchev–Trinajstić information content (AvgIpc) is 2.40. The summed E-state index contributed by atoms with van der Waals surface area (Å²) in [6.45, 7) is 5.55. The molecule has 1 saturated heterocycles. The van der Waals surface area contributed by atoms with Crippen LogP contribution in [0.25, 0.3) is 0 Å². The molecule has 1 aliphatic heterocycles. The molecule has 2 fully saturated rings. The normalized spacial score (nSPS) is 30.2. The SMILES string of the molecule is CCC1COC(C)CN1C(=O)NC1CCCCC1. The van der Waals surface area contributed by atoms with Gasteiger partial charge in [-0.05, 0) is 26.2 Å². The van der Waals surface area contributed by atoms with Crippen molar-refractivity contribution in [2.75, 3.05) is 13.2 Å². The summed E-state index contributed by atoms with van der Waals surface area (Å²) >= 11 is 0. The third kappa shape index (κ3) is 3.37. The molecular weight excluding hydrogens is 228 g/mol. The zero-order chi connectivity index (χ0) is 13.0. The zero-order valence-corrected chi connectivity index (χ0v) is 11.7. The minimum atomic E-state index is 0.115. The number of carbonyl (C=O) groups is 1. The van der Waals surface area contributed by atoms with E-state index in [2.05, 4.69) is 12.2 Å². The number of nitrogens with zero attached hydrogens (tertiary/aromatic N) is 1. The summed E-state index contributed by atoms with van der Waals surface area (Å²) in [7, 11) is 0. The molecule has 1 aliphatic carbocycles. The fraction of sp³-hybridized carbons (Fsp3) is 0.929. The quantitative estimate of drug-likeness (QED) is 0.822. The van der Waals surface area contributed by atoms with E-state index in [0.29, 0.717) is 12.6 Å². The summed E-state index contributed by atoms with van der Waals surface area (Å²) < 4.78 is 5.63. The first kappa shape index (κ1) is 13.7. The Morgan fingerprint density at radius 2 is 2.06 bits per heavy atom. The van der Waals surface area contributed by atoms with Crippen LogP contribution in [0.2, 0.25) is 0 Å². The van der Waals surface area contributed by atoms with Gasteiger partial charge < -0.3 is 15.0 Å². The molecule has 0 spiro atoms. The number of urea groups is 1. The van der Waals surface area contributed by atoms with E-state index in [0.717, 1.165) is 25.8 Å². The Bertz CT molecular complexity index is 277. The van der Waals surface area contributed by atoms with E-state index >= 15 is 0 Å². The van der Waals surface area contributed by atoms with Gasteiger partial charge in [-0.25, -0.2) is 4.79 Å². The molecule has 4 nitrogen and oxygen atoms in total. The summed E-state index contributed by atoms with van der Waals surface area (Å²) in [5.41, 5.74) is 0. The average molecular weight is 254 g/mol. The second-order valence-electron chi connectivity index (χ2n) is 5.64. The predicted octanol–water partition coefficient (Wildman–Crippen LogP) is 2.53. The molecule has 2 rings (SSSR count). The number of rotatable bonds is 2. The van der Waals surface area contributed by atoms with Gasteiger partial charge in [-0.3, -0.25) is 0 Å². The first-order valence-corrected chi connectivity index (χ1v) is 7.39. The molecule has 0 aromatic rings. The number of amides is 2. The molecular formula is C14H26N2O2. The Kier molecular flexibility index (Phi) is 4.87. The Morgan fingerprint density at radius 1 is 1.33 bits per heavy atom. The maximum absolute atomic E-state index is 12.3. The van der Waals surface area contributed by atoms with E-state index in [1.807, 2.05) is 11.8 Å². The van der Waals surface area contributed by atoms with Crippen LogP contribution in [0.15, 0.2) is 0 Å². The molecule has 0 bridgehead atoms. The van der Waals surface area contributed by atoms with E-state index in [9.17, 15) is 4.79 Å². The van der Waals surface area contributed by atoms with Crippen molar-refractivity contribution in [3.05, 3.63) is 0 Å². The summed E-state index contributed by atoms with van der Waals surface area (Å²) in [4.78, 5) is 14.3. The minimum Gasteiger partial charge on any atom is -0.375 e. The first-order valence-electron chi connectivity index (χ1n) is 7.39. The van der Waals surface area contributed by atoms with Gasteiger partial charge in [-0.1, -0.05) is 26.2 Å². The number of nitrogens with one attached hydrogen (secondary N) is 1. The van der Waals surface area contributed by atoms with Gasteiger partial charge in [0.25, 0.3) is 0 Å². The number of carbonyl (C=O) groups excluding carboxylic acids is 1. The maximum atomic E-state index is 12.3. The van der Waals surface area contributed by atoms with Crippen LogP contribution < -0.4 is 5.32 Å². The summed E-state index contributed by atoms with van der Waals surface area (Å²) in [6.07, 6.45) is 7.22. The van der Waals surface area contributed by atoms with E-state index in [1.54, 1.807) is 0 Å². The van der Waals surface area contributed by atoms with Crippen LogP contribution in [0.3, 0.4) is 0 Å².